The molecule has 0 radical (unpaired) electrons. The van der Waals surface area contributed by atoms with E-state index < -0.39 is 5.97 Å². The lowest BCUT2D eigenvalue weighted by Gasteiger charge is -2.01. The van der Waals surface area contributed by atoms with Gasteiger partial charge in [-0.15, -0.1) is 22.7 Å². The quantitative estimate of drug-likeness (QED) is 0.657. The standard InChI is InChI=1S/C11H8O4S4/c1-15-11(14)9-7(3-5-17-9)19-18-6-2-4-16-8(6)10(12)13/h2-5H,1H3,(H,12,13). The molecule has 100 valence electrons. The second-order valence-electron chi connectivity index (χ2n) is 3.19. The van der Waals surface area contributed by atoms with Crippen molar-refractivity contribution in [1.82, 2.24) is 0 Å². The summed E-state index contributed by atoms with van der Waals surface area (Å²) in [5.41, 5.74) is 0. The van der Waals surface area contributed by atoms with Crippen LogP contribution in [-0.4, -0.2) is 24.2 Å². The Morgan fingerprint density at radius 3 is 2.16 bits per heavy atom. The molecule has 2 heterocycles. The maximum atomic E-state index is 11.5. The zero-order valence-corrected chi connectivity index (χ0v) is 12.9. The highest BCUT2D eigenvalue weighted by Gasteiger charge is 2.17. The Morgan fingerprint density at radius 1 is 1.11 bits per heavy atom. The summed E-state index contributed by atoms with van der Waals surface area (Å²) in [6.07, 6.45) is 0. The number of methoxy groups -OCH3 is 1. The molecule has 0 amide bonds. The lowest BCUT2D eigenvalue weighted by atomic mass is 10.5. The number of carbonyl (C=O) groups excluding carboxylic acids is 1. The molecule has 0 atom stereocenters. The van der Waals surface area contributed by atoms with E-state index in [9.17, 15) is 9.59 Å². The molecule has 0 saturated carbocycles. The first-order valence-electron chi connectivity index (χ1n) is 4.94. The van der Waals surface area contributed by atoms with Gasteiger partial charge in [0.2, 0.25) is 0 Å². The zero-order chi connectivity index (χ0) is 13.8. The summed E-state index contributed by atoms with van der Waals surface area (Å²) in [6.45, 7) is 0. The molecule has 2 aromatic heterocycles. The normalized spacial score (nSPS) is 10.4. The molecule has 0 spiro atoms. The van der Waals surface area contributed by atoms with Gasteiger partial charge in [0, 0.05) is 9.79 Å². The third-order valence-corrected chi connectivity index (χ3v) is 6.55. The van der Waals surface area contributed by atoms with Crippen LogP contribution in [0.2, 0.25) is 0 Å². The third-order valence-electron chi connectivity index (χ3n) is 2.04. The number of aromatic carboxylic acids is 1. The van der Waals surface area contributed by atoms with Gasteiger partial charge in [-0.2, -0.15) is 0 Å². The Kier molecular flexibility index (Phi) is 4.92. The van der Waals surface area contributed by atoms with Gasteiger partial charge in [0.15, 0.2) is 0 Å². The Balaban J connectivity index is 2.11. The molecule has 0 aliphatic rings. The third kappa shape index (κ3) is 3.33. The van der Waals surface area contributed by atoms with Crippen molar-refractivity contribution in [3.05, 3.63) is 32.6 Å². The van der Waals surface area contributed by atoms with Gasteiger partial charge in [-0.05, 0) is 22.9 Å². The molecule has 0 fully saturated rings. The van der Waals surface area contributed by atoms with Crippen molar-refractivity contribution in [2.24, 2.45) is 0 Å². The van der Waals surface area contributed by atoms with Gasteiger partial charge < -0.3 is 9.84 Å². The van der Waals surface area contributed by atoms with Crippen LogP contribution in [0.5, 0.6) is 0 Å². The molecule has 1 N–H and O–H groups in total. The van der Waals surface area contributed by atoms with E-state index in [1.54, 1.807) is 16.8 Å². The van der Waals surface area contributed by atoms with Crippen molar-refractivity contribution < 1.29 is 19.4 Å². The molecule has 2 rings (SSSR count). The number of hydrogen-bond acceptors (Lipinski definition) is 7. The summed E-state index contributed by atoms with van der Waals surface area (Å²) in [7, 11) is 4.02. The largest absolute Gasteiger partial charge is 0.477 e. The van der Waals surface area contributed by atoms with E-state index in [1.807, 2.05) is 6.07 Å². The highest BCUT2D eigenvalue weighted by Crippen LogP contribution is 2.43. The van der Waals surface area contributed by atoms with Crippen LogP contribution in [0.25, 0.3) is 0 Å². The highest BCUT2D eigenvalue weighted by atomic mass is 33.1. The van der Waals surface area contributed by atoms with E-state index in [0.717, 1.165) is 4.90 Å². The molecule has 19 heavy (non-hydrogen) atoms. The van der Waals surface area contributed by atoms with Crippen LogP contribution >= 0.6 is 44.3 Å². The smallest absolute Gasteiger partial charge is 0.349 e. The van der Waals surface area contributed by atoms with Crippen LogP contribution in [0.15, 0.2) is 32.7 Å². The predicted octanol–water partition coefficient (Wildman–Crippen LogP) is 4.09. The molecule has 4 nitrogen and oxygen atoms in total. The second-order valence-corrected chi connectivity index (χ2v) is 7.24. The van der Waals surface area contributed by atoms with Crippen molar-refractivity contribution in [2.75, 3.05) is 7.11 Å². The van der Waals surface area contributed by atoms with E-state index in [2.05, 4.69) is 0 Å². The van der Waals surface area contributed by atoms with Crippen molar-refractivity contribution in [2.45, 2.75) is 9.79 Å². The van der Waals surface area contributed by atoms with Gasteiger partial charge in [0.1, 0.15) is 9.75 Å². The Bertz CT molecular complexity index is 601. The number of carboxylic acids is 1. The molecule has 0 aliphatic carbocycles. The van der Waals surface area contributed by atoms with Crippen LogP contribution in [0.3, 0.4) is 0 Å². The lowest BCUT2D eigenvalue weighted by molar-refractivity contribution is 0.0602. The second kappa shape index (κ2) is 6.47. The van der Waals surface area contributed by atoms with Gasteiger partial charge >= 0.3 is 11.9 Å². The summed E-state index contributed by atoms with van der Waals surface area (Å²) in [5.74, 6) is -1.31. The van der Waals surface area contributed by atoms with Gasteiger partial charge in [0.25, 0.3) is 0 Å². The molecule has 0 aromatic carbocycles. The first-order chi connectivity index (χ1) is 9.13. The average Bonchev–Trinajstić information content (AvgIpc) is 3.03. The Hall–Kier alpha value is -0.960. The number of esters is 1. The zero-order valence-electron chi connectivity index (χ0n) is 9.61. The monoisotopic (exact) mass is 332 g/mol. The maximum Gasteiger partial charge on any atom is 0.349 e. The number of ether oxygens (including phenoxy) is 1. The lowest BCUT2D eigenvalue weighted by Crippen LogP contribution is -1.98. The molecule has 0 aliphatic heterocycles. The number of carboxylic acid groups (broad SMARTS) is 1. The average molecular weight is 332 g/mol. The van der Waals surface area contributed by atoms with E-state index in [0.29, 0.717) is 14.6 Å². The molecule has 0 saturated heterocycles. The van der Waals surface area contributed by atoms with Crippen LogP contribution < -0.4 is 0 Å². The Labute approximate surface area is 125 Å². The van der Waals surface area contributed by atoms with Crippen molar-refractivity contribution in [3.63, 3.8) is 0 Å². The first-order valence-corrected chi connectivity index (χ1v) is 8.85. The summed E-state index contributed by atoms with van der Waals surface area (Å²) in [4.78, 5) is 24.8. The summed E-state index contributed by atoms with van der Waals surface area (Å²) in [5, 5.41) is 12.6. The number of carbonyl (C=O) groups is 2. The van der Waals surface area contributed by atoms with Crippen molar-refractivity contribution in [1.29, 1.82) is 0 Å². The van der Waals surface area contributed by atoms with Gasteiger partial charge in [-0.1, -0.05) is 21.6 Å². The van der Waals surface area contributed by atoms with Crippen molar-refractivity contribution >= 4 is 56.2 Å². The summed E-state index contributed by atoms with van der Waals surface area (Å²) >= 11 is 2.49. The van der Waals surface area contributed by atoms with E-state index in [1.165, 1.54) is 51.4 Å². The predicted molar refractivity (Wildman–Crippen MR) is 78.7 cm³/mol. The topological polar surface area (TPSA) is 63.6 Å². The first kappa shape index (κ1) is 14.4. The minimum atomic E-state index is -0.934. The minimum absolute atomic E-state index is 0.312. The number of hydrogen-bond donors (Lipinski definition) is 1. The highest BCUT2D eigenvalue weighted by molar-refractivity contribution is 8.76. The van der Waals surface area contributed by atoms with Gasteiger partial charge in [-0.3, -0.25) is 0 Å². The molecular weight excluding hydrogens is 324 g/mol. The fourth-order valence-electron chi connectivity index (χ4n) is 1.21. The van der Waals surface area contributed by atoms with E-state index in [4.69, 9.17) is 9.84 Å². The van der Waals surface area contributed by atoms with E-state index in [-0.39, 0.29) is 5.97 Å². The van der Waals surface area contributed by atoms with E-state index >= 15 is 0 Å². The summed E-state index contributed by atoms with van der Waals surface area (Å²) in [6, 6.07) is 3.58. The fraction of sp³-hybridized carbons (Fsp3) is 0.0909. The maximum absolute atomic E-state index is 11.5. The minimum Gasteiger partial charge on any atom is -0.477 e. The summed E-state index contributed by atoms with van der Waals surface area (Å²) < 4.78 is 4.69. The van der Waals surface area contributed by atoms with Crippen LogP contribution in [0, 0.1) is 0 Å². The van der Waals surface area contributed by atoms with Crippen LogP contribution in [-0.2, 0) is 4.74 Å². The number of thiophene rings is 2. The van der Waals surface area contributed by atoms with Crippen LogP contribution in [0.4, 0.5) is 0 Å². The van der Waals surface area contributed by atoms with Crippen molar-refractivity contribution in [3.8, 4) is 0 Å². The molecular formula is C11H8O4S4. The Morgan fingerprint density at radius 2 is 1.63 bits per heavy atom. The van der Waals surface area contributed by atoms with Gasteiger partial charge in [-0.25, -0.2) is 9.59 Å². The van der Waals surface area contributed by atoms with Crippen LogP contribution in [0.1, 0.15) is 19.3 Å². The van der Waals surface area contributed by atoms with Gasteiger partial charge in [0.05, 0.1) is 7.11 Å². The molecule has 2 aromatic rings. The molecule has 0 unspecified atom stereocenters. The fourth-order valence-corrected chi connectivity index (χ4v) is 5.69. The number of rotatable bonds is 5. The molecule has 8 heteroatoms. The SMILES string of the molecule is COC(=O)c1sccc1SSc1ccsc1C(=O)O. The molecule has 0 bridgehead atoms.